The van der Waals surface area contributed by atoms with Crippen molar-refractivity contribution in [3.63, 3.8) is 0 Å². The van der Waals surface area contributed by atoms with Crippen molar-refractivity contribution >= 4 is 0 Å². The molecule has 23 heavy (non-hydrogen) atoms. The summed E-state index contributed by atoms with van der Waals surface area (Å²) in [6, 6.07) is 20.4. The summed E-state index contributed by atoms with van der Waals surface area (Å²) in [6.45, 7) is 4.48. The van der Waals surface area contributed by atoms with Gasteiger partial charge in [-0.15, -0.1) is 0 Å². The van der Waals surface area contributed by atoms with Gasteiger partial charge in [0.25, 0.3) is 0 Å². The van der Waals surface area contributed by atoms with Crippen molar-refractivity contribution in [3.05, 3.63) is 71.8 Å². The molecule has 2 aromatic rings. The van der Waals surface area contributed by atoms with Crippen LogP contribution in [0.25, 0.3) is 0 Å². The van der Waals surface area contributed by atoms with E-state index in [9.17, 15) is 0 Å². The first-order chi connectivity index (χ1) is 11.0. The van der Waals surface area contributed by atoms with E-state index in [0.717, 1.165) is 17.7 Å². The van der Waals surface area contributed by atoms with Crippen LogP contribution in [0.15, 0.2) is 60.7 Å². The number of ether oxygens (including phenoxy) is 2. The molecular formula is C20H25NO2. The van der Waals surface area contributed by atoms with E-state index >= 15 is 0 Å². The van der Waals surface area contributed by atoms with E-state index < -0.39 is 5.79 Å². The van der Waals surface area contributed by atoms with Crippen LogP contribution < -0.4 is 0 Å². The van der Waals surface area contributed by atoms with Gasteiger partial charge in [-0.1, -0.05) is 67.6 Å². The second kappa shape index (κ2) is 6.44. The molecule has 0 saturated carbocycles. The summed E-state index contributed by atoms with van der Waals surface area (Å²) in [5.41, 5.74) is 2.08. The van der Waals surface area contributed by atoms with Crippen LogP contribution >= 0.6 is 0 Å². The molecule has 1 heterocycles. The lowest BCUT2D eigenvalue weighted by molar-refractivity contribution is -0.288. The Bertz CT molecular complexity index is 575. The topological polar surface area (TPSA) is 21.7 Å². The van der Waals surface area contributed by atoms with Gasteiger partial charge in [0.1, 0.15) is 0 Å². The molecule has 2 aromatic carbocycles. The Morgan fingerprint density at radius 1 is 0.826 bits per heavy atom. The Balaban J connectivity index is 1.94. The van der Waals surface area contributed by atoms with Crippen LogP contribution in [0.2, 0.25) is 0 Å². The standard InChI is InChI=1S/C20H25NO2/c1-19(14-21(2)3)15-22-20(23-16-19,17-10-6-4-7-11-17)18-12-8-5-9-13-18/h4-13H,14-16H2,1-3H3. The zero-order chi connectivity index (χ0) is 16.3. The van der Waals surface area contributed by atoms with E-state index in [0.29, 0.717) is 13.2 Å². The third kappa shape index (κ3) is 3.32. The zero-order valence-electron chi connectivity index (χ0n) is 14.2. The molecule has 0 N–H and O–H groups in total. The highest BCUT2D eigenvalue weighted by molar-refractivity contribution is 5.34. The summed E-state index contributed by atoms with van der Waals surface area (Å²) in [7, 11) is 4.17. The second-order valence-electron chi connectivity index (χ2n) is 6.97. The fraction of sp³-hybridized carbons (Fsp3) is 0.400. The third-order valence-corrected chi connectivity index (χ3v) is 4.25. The van der Waals surface area contributed by atoms with Crippen molar-refractivity contribution in [2.45, 2.75) is 12.7 Å². The first kappa shape index (κ1) is 16.2. The molecule has 0 atom stereocenters. The normalized spacial score (nSPS) is 19.7. The summed E-state index contributed by atoms with van der Waals surface area (Å²) >= 11 is 0. The van der Waals surface area contributed by atoms with Crippen molar-refractivity contribution in [3.8, 4) is 0 Å². The van der Waals surface area contributed by atoms with Gasteiger partial charge in [0.2, 0.25) is 5.79 Å². The first-order valence-electron chi connectivity index (χ1n) is 8.08. The second-order valence-corrected chi connectivity index (χ2v) is 6.97. The molecule has 0 bridgehead atoms. The zero-order valence-corrected chi connectivity index (χ0v) is 14.2. The summed E-state index contributed by atoms with van der Waals surface area (Å²) in [4.78, 5) is 2.19. The van der Waals surface area contributed by atoms with E-state index in [1.165, 1.54) is 0 Å². The van der Waals surface area contributed by atoms with Gasteiger partial charge in [-0.2, -0.15) is 0 Å². The highest BCUT2D eigenvalue weighted by Crippen LogP contribution is 2.41. The van der Waals surface area contributed by atoms with E-state index in [1.54, 1.807) is 0 Å². The predicted octanol–water partition coefficient (Wildman–Crippen LogP) is 3.50. The van der Waals surface area contributed by atoms with Crippen LogP contribution in [0.3, 0.4) is 0 Å². The lowest BCUT2D eigenvalue weighted by Gasteiger charge is -2.46. The van der Waals surface area contributed by atoms with Gasteiger partial charge in [0.05, 0.1) is 13.2 Å². The average Bonchev–Trinajstić information content (AvgIpc) is 2.57. The Morgan fingerprint density at radius 2 is 1.26 bits per heavy atom. The molecule has 0 amide bonds. The molecule has 1 aliphatic rings. The highest BCUT2D eigenvalue weighted by atomic mass is 16.7. The molecule has 1 saturated heterocycles. The van der Waals surface area contributed by atoms with Gasteiger partial charge >= 0.3 is 0 Å². The van der Waals surface area contributed by atoms with Crippen molar-refractivity contribution in [1.82, 2.24) is 4.90 Å². The summed E-state index contributed by atoms with van der Waals surface area (Å²) in [5, 5.41) is 0. The molecule has 122 valence electrons. The van der Waals surface area contributed by atoms with E-state index in [2.05, 4.69) is 50.2 Å². The maximum atomic E-state index is 6.41. The lowest BCUT2D eigenvalue weighted by Crippen LogP contribution is -2.50. The summed E-state index contributed by atoms with van der Waals surface area (Å²) < 4.78 is 12.8. The summed E-state index contributed by atoms with van der Waals surface area (Å²) in [5.74, 6) is -0.811. The number of hydrogen-bond acceptors (Lipinski definition) is 3. The Hall–Kier alpha value is -1.68. The largest absolute Gasteiger partial charge is 0.341 e. The Labute approximate surface area is 138 Å². The molecule has 1 fully saturated rings. The Kier molecular flexibility index (Phi) is 4.53. The molecule has 3 heteroatoms. The summed E-state index contributed by atoms with van der Waals surface area (Å²) in [6.07, 6.45) is 0. The number of hydrogen-bond donors (Lipinski definition) is 0. The van der Waals surface area contributed by atoms with Gasteiger partial charge in [0, 0.05) is 23.1 Å². The molecular weight excluding hydrogens is 286 g/mol. The van der Waals surface area contributed by atoms with Gasteiger partial charge in [-0.3, -0.25) is 0 Å². The molecule has 0 spiro atoms. The molecule has 0 radical (unpaired) electrons. The van der Waals surface area contributed by atoms with Crippen LogP contribution in [0.4, 0.5) is 0 Å². The van der Waals surface area contributed by atoms with Gasteiger partial charge < -0.3 is 14.4 Å². The van der Waals surface area contributed by atoms with Crippen LogP contribution in [-0.4, -0.2) is 38.8 Å². The lowest BCUT2D eigenvalue weighted by atomic mass is 9.88. The van der Waals surface area contributed by atoms with Crippen molar-refractivity contribution in [2.24, 2.45) is 5.41 Å². The number of benzene rings is 2. The maximum absolute atomic E-state index is 6.41. The minimum atomic E-state index is -0.811. The van der Waals surface area contributed by atoms with E-state index in [1.807, 2.05) is 36.4 Å². The molecule has 1 aliphatic heterocycles. The smallest absolute Gasteiger partial charge is 0.222 e. The molecule has 3 rings (SSSR count). The molecule has 0 aromatic heterocycles. The predicted molar refractivity (Wildman–Crippen MR) is 92.2 cm³/mol. The minimum absolute atomic E-state index is 0.00341. The van der Waals surface area contributed by atoms with Gasteiger partial charge in [0.15, 0.2) is 0 Å². The third-order valence-electron chi connectivity index (χ3n) is 4.25. The van der Waals surface area contributed by atoms with Crippen molar-refractivity contribution in [1.29, 1.82) is 0 Å². The highest BCUT2D eigenvalue weighted by Gasteiger charge is 2.45. The molecule has 0 unspecified atom stereocenters. The maximum Gasteiger partial charge on any atom is 0.222 e. The quantitative estimate of drug-likeness (QED) is 0.862. The fourth-order valence-electron chi connectivity index (χ4n) is 3.30. The van der Waals surface area contributed by atoms with Crippen LogP contribution in [0, 0.1) is 5.41 Å². The van der Waals surface area contributed by atoms with E-state index in [4.69, 9.17) is 9.47 Å². The van der Waals surface area contributed by atoms with Gasteiger partial charge in [-0.05, 0) is 14.1 Å². The van der Waals surface area contributed by atoms with E-state index in [-0.39, 0.29) is 5.41 Å². The van der Waals surface area contributed by atoms with Crippen molar-refractivity contribution < 1.29 is 9.47 Å². The monoisotopic (exact) mass is 311 g/mol. The molecule has 3 nitrogen and oxygen atoms in total. The molecule has 0 aliphatic carbocycles. The van der Waals surface area contributed by atoms with Crippen LogP contribution in [-0.2, 0) is 15.3 Å². The van der Waals surface area contributed by atoms with Crippen molar-refractivity contribution in [2.75, 3.05) is 33.9 Å². The Morgan fingerprint density at radius 3 is 1.65 bits per heavy atom. The number of nitrogens with zero attached hydrogens (tertiary/aromatic N) is 1. The minimum Gasteiger partial charge on any atom is -0.341 e. The van der Waals surface area contributed by atoms with Crippen LogP contribution in [0.5, 0.6) is 0 Å². The number of rotatable bonds is 4. The van der Waals surface area contributed by atoms with Gasteiger partial charge in [-0.25, -0.2) is 0 Å². The first-order valence-corrected chi connectivity index (χ1v) is 8.08. The fourth-order valence-corrected chi connectivity index (χ4v) is 3.30. The average molecular weight is 311 g/mol. The SMILES string of the molecule is CN(C)CC1(C)COC(c2ccccc2)(c2ccccc2)OC1. The van der Waals surface area contributed by atoms with Crippen LogP contribution in [0.1, 0.15) is 18.1 Å².